The highest BCUT2D eigenvalue weighted by molar-refractivity contribution is 6.20. The number of carbonyl (C=O) groups is 2. The van der Waals surface area contributed by atoms with Crippen LogP contribution >= 0.6 is 0 Å². The highest BCUT2D eigenvalue weighted by Gasteiger charge is 2.13. The highest BCUT2D eigenvalue weighted by atomic mass is 16.4. The van der Waals surface area contributed by atoms with Crippen LogP contribution in [0.2, 0.25) is 0 Å². The van der Waals surface area contributed by atoms with Crippen LogP contribution in [-0.4, -0.2) is 17.0 Å². The van der Waals surface area contributed by atoms with Crippen LogP contribution in [0.15, 0.2) is 39.6 Å². The van der Waals surface area contributed by atoms with Crippen molar-refractivity contribution in [2.75, 3.05) is 0 Å². The van der Waals surface area contributed by atoms with Gasteiger partial charge in [-0.1, -0.05) is 12.1 Å². The van der Waals surface area contributed by atoms with Crippen LogP contribution in [0, 0.1) is 6.92 Å². The Morgan fingerprint density at radius 3 is 2.60 bits per heavy atom. The number of aliphatic carboxylic acids is 1. The molecule has 1 aromatic carbocycles. The summed E-state index contributed by atoms with van der Waals surface area (Å²) < 4.78 is 5.03. The molecule has 102 valence electrons. The standard InChI is InChI=1S/C14H11NO5/c1-7-4-13(17)20-11-5-8(2-3-9(7)11)10(14(18)19)6-12(15)16/h2-6H,1H3,(H2,15,16)(H,18,19)/b10-6+. The molecule has 6 nitrogen and oxygen atoms in total. The minimum absolute atomic E-state index is 0.234. The zero-order valence-electron chi connectivity index (χ0n) is 10.5. The molecule has 0 aliphatic heterocycles. The molecule has 0 spiro atoms. The molecule has 2 aromatic rings. The molecule has 1 aromatic heterocycles. The number of hydrogen-bond donors (Lipinski definition) is 2. The second kappa shape index (κ2) is 5.00. The summed E-state index contributed by atoms with van der Waals surface area (Å²) in [5, 5.41) is 9.78. The second-order valence-corrected chi connectivity index (χ2v) is 4.22. The lowest BCUT2D eigenvalue weighted by molar-refractivity contribution is -0.130. The van der Waals surface area contributed by atoms with Crippen LogP contribution in [0.4, 0.5) is 0 Å². The molecule has 0 saturated heterocycles. The zero-order chi connectivity index (χ0) is 14.9. The average Bonchev–Trinajstić information content (AvgIpc) is 2.34. The molecule has 3 N–H and O–H groups in total. The smallest absolute Gasteiger partial charge is 0.336 e. The third kappa shape index (κ3) is 2.59. The number of nitrogens with two attached hydrogens (primary N) is 1. The molecule has 6 heteroatoms. The first-order chi connectivity index (χ1) is 9.38. The molecular formula is C14H11NO5. The Kier molecular flexibility index (Phi) is 3.39. The van der Waals surface area contributed by atoms with Gasteiger partial charge in [0.25, 0.3) is 0 Å². The van der Waals surface area contributed by atoms with Crippen molar-refractivity contribution in [2.24, 2.45) is 5.73 Å². The van der Waals surface area contributed by atoms with E-state index in [0.29, 0.717) is 5.39 Å². The lowest BCUT2D eigenvalue weighted by Crippen LogP contribution is -2.10. The molecule has 0 saturated carbocycles. The van der Waals surface area contributed by atoms with Crippen molar-refractivity contribution in [3.8, 4) is 0 Å². The normalized spacial score (nSPS) is 11.6. The van der Waals surface area contributed by atoms with Gasteiger partial charge in [-0.3, -0.25) is 4.79 Å². The average molecular weight is 273 g/mol. The Morgan fingerprint density at radius 1 is 1.30 bits per heavy atom. The summed E-state index contributed by atoms with van der Waals surface area (Å²) in [4.78, 5) is 33.3. The fourth-order valence-electron chi connectivity index (χ4n) is 1.90. The largest absolute Gasteiger partial charge is 0.478 e. The molecule has 1 amide bonds. The fraction of sp³-hybridized carbons (Fsp3) is 0.0714. The van der Waals surface area contributed by atoms with E-state index < -0.39 is 17.5 Å². The number of primary amides is 1. The van der Waals surface area contributed by atoms with E-state index in [1.165, 1.54) is 18.2 Å². The van der Waals surface area contributed by atoms with Gasteiger partial charge in [-0.2, -0.15) is 0 Å². The van der Waals surface area contributed by atoms with Crippen molar-refractivity contribution in [3.05, 3.63) is 51.9 Å². The van der Waals surface area contributed by atoms with E-state index in [2.05, 4.69) is 0 Å². The predicted octanol–water partition coefficient (Wildman–Crippen LogP) is 1.05. The number of rotatable bonds is 3. The Bertz CT molecular complexity index is 801. The number of amides is 1. The molecule has 2 rings (SSSR count). The van der Waals surface area contributed by atoms with E-state index in [9.17, 15) is 14.4 Å². The summed E-state index contributed by atoms with van der Waals surface area (Å²) in [5.74, 6) is -2.16. The third-order valence-electron chi connectivity index (χ3n) is 2.78. The molecule has 0 unspecified atom stereocenters. The number of hydrogen-bond acceptors (Lipinski definition) is 4. The molecule has 20 heavy (non-hydrogen) atoms. The molecule has 1 heterocycles. The first-order valence-corrected chi connectivity index (χ1v) is 5.68. The molecule has 0 fully saturated rings. The summed E-state index contributed by atoms with van der Waals surface area (Å²) in [6, 6.07) is 5.89. The van der Waals surface area contributed by atoms with Gasteiger partial charge in [0.15, 0.2) is 0 Å². The number of carboxylic acid groups (broad SMARTS) is 1. The number of carbonyl (C=O) groups excluding carboxylic acids is 1. The summed E-state index contributed by atoms with van der Waals surface area (Å²) in [5.41, 5.74) is 5.40. The molecule has 0 aliphatic carbocycles. The van der Waals surface area contributed by atoms with Crippen molar-refractivity contribution in [2.45, 2.75) is 6.92 Å². The van der Waals surface area contributed by atoms with Crippen LogP contribution in [0.1, 0.15) is 11.1 Å². The highest BCUT2D eigenvalue weighted by Crippen LogP contribution is 2.22. The van der Waals surface area contributed by atoms with Crippen LogP contribution < -0.4 is 11.4 Å². The summed E-state index contributed by atoms with van der Waals surface area (Å²) >= 11 is 0. The van der Waals surface area contributed by atoms with Gasteiger partial charge in [0.2, 0.25) is 5.91 Å². The Labute approximate surface area is 113 Å². The third-order valence-corrected chi connectivity index (χ3v) is 2.78. The molecule has 0 radical (unpaired) electrons. The minimum Gasteiger partial charge on any atom is -0.478 e. The predicted molar refractivity (Wildman–Crippen MR) is 72.0 cm³/mol. The van der Waals surface area contributed by atoms with Crippen LogP contribution in [0.3, 0.4) is 0 Å². The summed E-state index contributed by atoms with van der Waals surface area (Å²) in [7, 11) is 0. The van der Waals surface area contributed by atoms with Crippen molar-refractivity contribution in [1.29, 1.82) is 0 Å². The maximum absolute atomic E-state index is 11.3. The lowest BCUT2D eigenvalue weighted by Gasteiger charge is -2.05. The maximum atomic E-state index is 11.3. The number of aryl methyl sites for hydroxylation is 1. The molecular weight excluding hydrogens is 262 g/mol. The Morgan fingerprint density at radius 2 is 2.00 bits per heavy atom. The van der Waals surface area contributed by atoms with E-state index >= 15 is 0 Å². The van der Waals surface area contributed by atoms with E-state index in [-0.39, 0.29) is 16.7 Å². The van der Waals surface area contributed by atoms with E-state index in [0.717, 1.165) is 11.6 Å². The maximum Gasteiger partial charge on any atom is 0.336 e. The van der Waals surface area contributed by atoms with Gasteiger partial charge in [0, 0.05) is 17.5 Å². The van der Waals surface area contributed by atoms with Gasteiger partial charge in [-0.05, 0) is 24.1 Å². The quantitative estimate of drug-likeness (QED) is 0.641. The Balaban J connectivity index is 2.70. The summed E-state index contributed by atoms with van der Waals surface area (Å²) in [6.45, 7) is 1.75. The SMILES string of the molecule is Cc1cc(=O)oc2cc(/C(=C\C(N)=O)C(=O)O)ccc12. The topological polar surface area (TPSA) is 111 Å². The number of fused-ring (bicyclic) bond motifs is 1. The Hall–Kier alpha value is -2.89. The van der Waals surface area contributed by atoms with Gasteiger partial charge >= 0.3 is 11.6 Å². The van der Waals surface area contributed by atoms with Crippen molar-refractivity contribution < 1.29 is 19.1 Å². The summed E-state index contributed by atoms with van der Waals surface area (Å²) in [6.07, 6.45) is 0.817. The van der Waals surface area contributed by atoms with Crippen LogP contribution in [0.5, 0.6) is 0 Å². The monoisotopic (exact) mass is 273 g/mol. The number of benzene rings is 1. The fourth-order valence-corrected chi connectivity index (χ4v) is 1.90. The van der Waals surface area contributed by atoms with Gasteiger partial charge in [-0.15, -0.1) is 0 Å². The van der Waals surface area contributed by atoms with Gasteiger partial charge in [0.1, 0.15) is 5.58 Å². The van der Waals surface area contributed by atoms with Gasteiger partial charge in [0.05, 0.1) is 5.57 Å². The van der Waals surface area contributed by atoms with Crippen molar-refractivity contribution in [3.63, 3.8) is 0 Å². The molecule has 0 atom stereocenters. The van der Waals surface area contributed by atoms with Crippen LogP contribution in [0.25, 0.3) is 16.5 Å². The first-order valence-electron chi connectivity index (χ1n) is 5.68. The zero-order valence-corrected chi connectivity index (χ0v) is 10.5. The van der Waals surface area contributed by atoms with E-state index in [4.69, 9.17) is 15.3 Å². The van der Waals surface area contributed by atoms with E-state index in [1.807, 2.05) is 0 Å². The van der Waals surface area contributed by atoms with Crippen LogP contribution in [-0.2, 0) is 9.59 Å². The van der Waals surface area contributed by atoms with Crippen molar-refractivity contribution in [1.82, 2.24) is 0 Å². The van der Waals surface area contributed by atoms with Gasteiger partial charge in [-0.25, -0.2) is 9.59 Å². The second-order valence-electron chi connectivity index (χ2n) is 4.22. The number of carboxylic acids is 1. The van der Waals surface area contributed by atoms with Crippen molar-refractivity contribution >= 4 is 28.4 Å². The minimum atomic E-state index is -1.29. The molecule has 0 bridgehead atoms. The first kappa shape index (κ1) is 13.5. The van der Waals surface area contributed by atoms with Gasteiger partial charge < -0.3 is 15.3 Å². The molecule has 0 aliphatic rings. The lowest BCUT2D eigenvalue weighted by atomic mass is 10.0. The van der Waals surface area contributed by atoms with E-state index in [1.54, 1.807) is 13.0 Å².